The average molecular weight is 239 g/mol. The number of urea groups is 1. The van der Waals surface area contributed by atoms with Crippen LogP contribution in [-0.2, 0) is 11.8 Å². The van der Waals surface area contributed by atoms with Gasteiger partial charge in [-0.3, -0.25) is 4.79 Å². The molecule has 6 heteroatoms. The average Bonchev–Trinajstić information content (AvgIpc) is 2.25. The van der Waals surface area contributed by atoms with Gasteiger partial charge in [0.2, 0.25) is 0 Å². The van der Waals surface area contributed by atoms with Crippen molar-refractivity contribution in [3.63, 3.8) is 0 Å². The summed E-state index contributed by atoms with van der Waals surface area (Å²) in [4.78, 5) is 23.1. The van der Waals surface area contributed by atoms with E-state index < -0.39 is 6.03 Å². The fourth-order valence-electron chi connectivity index (χ4n) is 1.37. The second-order valence-electron chi connectivity index (χ2n) is 3.79. The van der Waals surface area contributed by atoms with Gasteiger partial charge < -0.3 is 19.9 Å². The van der Waals surface area contributed by atoms with Gasteiger partial charge in [-0.15, -0.1) is 0 Å². The lowest BCUT2D eigenvalue weighted by Gasteiger charge is -2.13. The monoisotopic (exact) mass is 239 g/mol. The molecule has 1 atom stereocenters. The molecule has 2 N–H and O–H groups in total. The molecule has 0 saturated carbocycles. The number of nitrogens with one attached hydrogen (secondary N) is 2. The van der Waals surface area contributed by atoms with E-state index in [2.05, 4.69) is 10.6 Å². The van der Waals surface area contributed by atoms with Gasteiger partial charge in [-0.05, 0) is 19.1 Å². The predicted octanol–water partition coefficient (Wildman–Crippen LogP) is 0.542. The number of aryl methyl sites for hydroxylation is 1. The van der Waals surface area contributed by atoms with Crippen LogP contribution in [0.15, 0.2) is 23.1 Å². The van der Waals surface area contributed by atoms with Gasteiger partial charge in [-0.25, -0.2) is 4.79 Å². The Labute approximate surface area is 99.6 Å². The molecule has 0 aliphatic rings. The van der Waals surface area contributed by atoms with Crippen LogP contribution in [0.25, 0.3) is 0 Å². The third kappa shape index (κ3) is 3.92. The zero-order valence-electron chi connectivity index (χ0n) is 10.2. The lowest BCUT2D eigenvalue weighted by molar-refractivity contribution is 0.173. The maximum absolute atomic E-state index is 11.6. The molecule has 2 amide bonds. The molecule has 1 aromatic heterocycles. The minimum Gasteiger partial charge on any atom is -0.383 e. The molecule has 0 bridgehead atoms. The first-order valence-corrected chi connectivity index (χ1v) is 5.26. The third-order valence-corrected chi connectivity index (χ3v) is 2.17. The van der Waals surface area contributed by atoms with Crippen LogP contribution >= 0.6 is 0 Å². The minimum absolute atomic E-state index is 0.118. The summed E-state index contributed by atoms with van der Waals surface area (Å²) in [5.41, 5.74) is -0.000776. The number of rotatable bonds is 4. The Hall–Kier alpha value is -1.82. The van der Waals surface area contributed by atoms with E-state index >= 15 is 0 Å². The van der Waals surface area contributed by atoms with Gasteiger partial charge in [0.15, 0.2) is 0 Å². The quantitative estimate of drug-likeness (QED) is 0.805. The van der Waals surface area contributed by atoms with Gasteiger partial charge in [-0.1, -0.05) is 0 Å². The van der Waals surface area contributed by atoms with Crippen molar-refractivity contribution in [1.29, 1.82) is 0 Å². The SMILES string of the molecule is COC[C@H](C)NC(=O)Nc1cccn(C)c1=O. The van der Waals surface area contributed by atoms with E-state index in [4.69, 9.17) is 4.74 Å². The smallest absolute Gasteiger partial charge is 0.319 e. The van der Waals surface area contributed by atoms with Gasteiger partial charge in [0.1, 0.15) is 5.69 Å². The molecule has 94 valence electrons. The number of carbonyl (C=O) groups is 1. The van der Waals surface area contributed by atoms with E-state index in [1.165, 1.54) is 4.57 Å². The molecule has 6 nitrogen and oxygen atoms in total. The summed E-state index contributed by atoms with van der Waals surface area (Å²) in [5, 5.41) is 5.15. The largest absolute Gasteiger partial charge is 0.383 e. The van der Waals surface area contributed by atoms with E-state index in [0.29, 0.717) is 6.61 Å². The van der Waals surface area contributed by atoms with Crippen LogP contribution in [0.3, 0.4) is 0 Å². The van der Waals surface area contributed by atoms with Gasteiger partial charge >= 0.3 is 6.03 Å². The van der Waals surface area contributed by atoms with Crippen molar-refractivity contribution in [2.24, 2.45) is 7.05 Å². The molecule has 1 aromatic rings. The highest BCUT2D eigenvalue weighted by molar-refractivity contribution is 5.89. The summed E-state index contributed by atoms with van der Waals surface area (Å²) >= 11 is 0. The van der Waals surface area contributed by atoms with Crippen LogP contribution in [0.5, 0.6) is 0 Å². The van der Waals surface area contributed by atoms with Gasteiger partial charge in [0, 0.05) is 20.4 Å². The maximum Gasteiger partial charge on any atom is 0.319 e. The molecule has 0 saturated heterocycles. The maximum atomic E-state index is 11.6. The van der Waals surface area contributed by atoms with E-state index in [0.717, 1.165) is 0 Å². The number of ether oxygens (including phenoxy) is 1. The Morgan fingerprint density at radius 2 is 2.29 bits per heavy atom. The number of nitrogens with zero attached hydrogens (tertiary/aromatic N) is 1. The number of pyridine rings is 1. The normalized spacial score (nSPS) is 11.9. The Balaban J connectivity index is 2.62. The molecule has 0 spiro atoms. The summed E-state index contributed by atoms with van der Waals surface area (Å²) in [6.07, 6.45) is 1.62. The summed E-state index contributed by atoms with van der Waals surface area (Å²) in [6.45, 7) is 2.23. The summed E-state index contributed by atoms with van der Waals surface area (Å²) in [6, 6.07) is 2.71. The molecule has 1 rings (SSSR count). The van der Waals surface area contributed by atoms with E-state index in [-0.39, 0.29) is 17.3 Å². The number of hydrogen-bond donors (Lipinski definition) is 2. The first kappa shape index (κ1) is 13.2. The van der Waals surface area contributed by atoms with E-state index in [1.807, 2.05) is 6.92 Å². The highest BCUT2D eigenvalue weighted by Crippen LogP contribution is 1.97. The Bertz CT molecular complexity index is 442. The van der Waals surface area contributed by atoms with Crippen LogP contribution in [0, 0.1) is 0 Å². The van der Waals surface area contributed by atoms with Crippen LogP contribution in [-0.4, -0.2) is 30.4 Å². The van der Waals surface area contributed by atoms with Crippen LogP contribution in [0.4, 0.5) is 10.5 Å². The van der Waals surface area contributed by atoms with E-state index in [9.17, 15) is 9.59 Å². The summed E-state index contributed by atoms with van der Waals surface area (Å²) in [5.74, 6) is 0. The predicted molar refractivity (Wildman–Crippen MR) is 65.2 cm³/mol. The number of anilines is 1. The fraction of sp³-hybridized carbons (Fsp3) is 0.455. The zero-order chi connectivity index (χ0) is 12.8. The van der Waals surface area contributed by atoms with Crippen molar-refractivity contribution in [3.8, 4) is 0 Å². The van der Waals surface area contributed by atoms with Crippen LogP contribution in [0.1, 0.15) is 6.92 Å². The number of carbonyl (C=O) groups excluding carboxylic acids is 1. The topological polar surface area (TPSA) is 72.4 Å². The molecule has 0 aliphatic carbocycles. The number of methoxy groups -OCH3 is 1. The van der Waals surface area contributed by atoms with Crippen LogP contribution in [0.2, 0.25) is 0 Å². The second-order valence-corrected chi connectivity index (χ2v) is 3.79. The Morgan fingerprint density at radius 1 is 1.59 bits per heavy atom. The molecule has 0 unspecified atom stereocenters. The lowest BCUT2D eigenvalue weighted by Crippen LogP contribution is -2.39. The first-order chi connectivity index (χ1) is 8.04. The standard InChI is InChI=1S/C11H17N3O3/c1-8(7-17-3)12-11(16)13-9-5-4-6-14(2)10(9)15/h4-6,8H,7H2,1-3H3,(H2,12,13,16)/t8-/m0/s1. The number of aromatic nitrogens is 1. The fourth-order valence-corrected chi connectivity index (χ4v) is 1.37. The highest BCUT2D eigenvalue weighted by atomic mass is 16.5. The molecule has 1 heterocycles. The van der Waals surface area contributed by atoms with Gasteiger partial charge in [0.05, 0.1) is 12.6 Å². The van der Waals surface area contributed by atoms with Crippen molar-refractivity contribution in [2.45, 2.75) is 13.0 Å². The molecule has 0 radical (unpaired) electrons. The zero-order valence-corrected chi connectivity index (χ0v) is 10.2. The van der Waals surface area contributed by atoms with Crippen molar-refractivity contribution in [1.82, 2.24) is 9.88 Å². The van der Waals surface area contributed by atoms with Crippen LogP contribution < -0.4 is 16.2 Å². The lowest BCUT2D eigenvalue weighted by atomic mass is 10.3. The molecule has 0 aliphatic heterocycles. The Kier molecular flexibility index (Phi) is 4.71. The van der Waals surface area contributed by atoms with Gasteiger partial charge in [-0.2, -0.15) is 0 Å². The van der Waals surface area contributed by atoms with Crippen molar-refractivity contribution < 1.29 is 9.53 Å². The summed E-state index contributed by atoms with van der Waals surface area (Å²) < 4.78 is 6.29. The summed E-state index contributed by atoms with van der Waals surface area (Å²) in [7, 11) is 3.18. The van der Waals surface area contributed by atoms with Crippen molar-refractivity contribution >= 4 is 11.7 Å². The molecular weight excluding hydrogens is 222 g/mol. The minimum atomic E-state index is -0.419. The van der Waals surface area contributed by atoms with Crippen molar-refractivity contribution in [3.05, 3.63) is 28.7 Å². The highest BCUT2D eigenvalue weighted by Gasteiger charge is 2.08. The number of hydrogen-bond acceptors (Lipinski definition) is 3. The van der Waals surface area contributed by atoms with Gasteiger partial charge in [0.25, 0.3) is 5.56 Å². The van der Waals surface area contributed by atoms with E-state index in [1.54, 1.807) is 32.5 Å². The molecule has 0 fully saturated rings. The molecule has 0 aromatic carbocycles. The first-order valence-electron chi connectivity index (χ1n) is 5.26. The Morgan fingerprint density at radius 3 is 2.94 bits per heavy atom. The second kappa shape index (κ2) is 6.05. The molecule has 17 heavy (non-hydrogen) atoms. The molecular formula is C11H17N3O3. The third-order valence-electron chi connectivity index (χ3n) is 2.17. The number of amides is 2. The van der Waals surface area contributed by atoms with Crippen molar-refractivity contribution in [2.75, 3.05) is 19.0 Å².